The molecule has 1 saturated heterocycles. The summed E-state index contributed by atoms with van der Waals surface area (Å²) in [6.07, 6.45) is 5.81. The minimum atomic E-state index is -0.649. The van der Waals surface area contributed by atoms with Crippen molar-refractivity contribution in [2.75, 3.05) is 13.1 Å². The van der Waals surface area contributed by atoms with Gasteiger partial charge in [0, 0.05) is 0 Å². The first kappa shape index (κ1) is 9.08. The molecule has 0 aliphatic carbocycles. The van der Waals surface area contributed by atoms with Gasteiger partial charge in [-0.15, -0.1) is 6.42 Å². The largest absolute Gasteiger partial charge is 0.386 e. The Hall–Kier alpha value is -1.01. The maximum absolute atomic E-state index is 11.1. The second-order valence-corrected chi connectivity index (χ2v) is 3.21. The number of rotatable bonds is 2. The van der Waals surface area contributed by atoms with Crippen molar-refractivity contribution in [1.29, 1.82) is 0 Å². The molecular formula is C9H13NO2. The van der Waals surface area contributed by atoms with Gasteiger partial charge in [-0.1, -0.05) is 12.8 Å². The first-order valence-corrected chi connectivity index (χ1v) is 4.05. The van der Waals surface area contributed by atoms with E-state index in [1.165, 1.54) is 0 Å². The standard InChI is InChI=1S/C9H13NO2/c1-3-5-8(11)10-6-9(12,4-2)7-10/h1,12H,4-7H2,2H3. The van der Waals surface area contributed by atoms with Gasteiger partial charge < -0.3 is 10.0 Å². The molecule has 12 heavy (non-hydrogen) atoms. The summed E-state index contributed by atoms with van der Waals surface area (Å²) in [5.41, 5.74) is -0.649. The lowest BCUT2D eigenvalue weighted by Crippen LogP contribution is -2.63. The summed E-state index contributed by atoms with van der Waals surface area (Å²) < 4.78 is 0. The van der Waals surface area contributed by atoms with E-state index in [1.807, 2.05) is 6.92 Å². The van der Waals surface area contributed by atoms with Crippen molar-refractivity contribution in [2.24, 2.45) is 0 Å². The molecule has 0 spiro atoms. The van der Waals surface area contributed by atoms with Gasteiger partial charge in [-0.2, -0.15) is 0 Å². The smallest absolute Gasteiger partial charge is 0.234 e. The highest BCUT2D eigenvalue weighted by Crippen LogP contribution is 2.24. The van der Waals surface area contributed by atoms with Crippen LogP contribution in [0, 0.1) is 12.3 Å². The number of aliphatic hydroxyl groups is 1. The molecule has 1 fully saturated rings. The zero-order valence-electron chi connectivity index (χ0n) is 7.21. The third-order valence-electron chi connectivity index (χ3n) is 2.23. The van der Waals surface area contributed by atoms with Gasteiger partial charge in [0.25, 0.3) is 0 Å². The van der Waals surface area contributed by atoms with Crippen LogP contribution >= 0.6 is 0 Å². The normalized spacial score (nSPS) is 19.6. The summed E-state index contributed by atoms with van der Waals surface area (Å²) >= 11 is 0. The van der Waals surface area contributed by atoms with Crippen LogP contribution in [0.3, 0.4) is 0 Å². The van der Waals surface area contributed by atoms with E-state index < -0.39 is 5.60 Å². The first-order valence-electron chi connectivity index (χ1n) is 4.05. The van der Waals surface area contributed by atoms with Crippen molar-refractivity contribution in [1.82, 2.24) is 4.90 Å². The topological polar surface area (TPSA) is 40.5 Å². The van der Waals surface area contributed by atoms with Gasteiger partial charge in [0.1, 0.15) is 0 Å². The fourth-order valence-electron chi connectivity index (χ4n) is 1.26. The van der Waals surface area contributed by atoms with Crippen molar-refractivity contribution in [3.8, 4) is 12.3 Å². The SMILES string of the molecule is C#CCC(=O)N1CC(O)(CC)C1. The highest BCUT2D eigenvalue weighted by Gasteiger charge is 2.41. The first-order chi connectivity index (χ1) is 5.61. The number of β-amino-alcohol motifs (C(OH)–C–C–N with tert-alkyl or cyclic N) is 1. The summed E-state index contributed by atoms with van der Waals surface area (Å²) in [6.45, 7) is 2.77. The monoisotopic (exact) mass is 167 g/mol. The number of nitrogens with zero attached hydrogens (tertiary/aromatic N) is 1. The lowest BCUT2D eigenvalue weighted by Gasteiger charge is -2.45. The Bertz CT molecular complexity index is 223. The Labute approximate surface area is 72.4 Å². The lowest BCUT2D eigenvalue weighted by molar-refractivity contribution is -0.154. The molecule has 0 bridgehead atoms. The number of carbonyl (C=O) groups excluding carboxylic acids is 1. The van der Waals surface area contributed by atoms with E-state index in [9.17, 15) is 9.90 Å². The second kappa shape index (κ2) is 3.16. The lowest BCUT2D eigenvalue weighted by atomic mass is 9.91. The van der Waals surface area contributed by atoms with E-state index in [4.69, 9.17) is 6.42 Å². The average Bonchev–Trinajstić information content (AvgIpc) is 1.99. The molecule has 1 aliphatic rings. The van der Waals surface area contributed by atoms with Crippen molar-refractivity contribution in [2.45, 2.75) is 25.4 Å². The maximum atomic E-state index is 11.1. The molecule has 66 valence electrons. The molecule has 0 aromatic heterocycles. The van der Waals surface area contributed by atoms with Crippen molar-refractivity contribution >= 4 is 5.91 Å². The van der Waals surface area contributed by atoms with Gasteiger partial charge in [-0.25, -0.2) is 0 Å². The van der Waals surface area contributed by atoms with Crippen molar-refractivity contribution < 1.29 is 9.90 Å². The van der Waals surface area contributed by atoms with E-state index >= 15 is 0 Å². The van der Waals surface area contributed by atoms with Crippen LogP contribution in [0.25, 0.3) is 0 Å². The number of likely N-dealkylation sites (tertiary alicyclic amines) is 1. The van der Waals surface area contributed by atoms with E-state index in [-0.39, 0.29) is 12.3 Å². The van der Waals surface area contributed by atoms with Crippen LogP contribution in [0.4, 0.5) is 0 Å². The average molecular weight is 167 g/mol. The minimum Gasteiger partial charge on any atom is -0.386 e. The summed E-state index contributed by atoms with van der Waals surface area (Å²) in [7, 11) is 0. The van der Waals surface area contributed by atoms with Gasteiger partial charge in [-0.05, 0) is 6.42 Å². The van der Waals surface area contributed by atoms with Crippen molar-refractivity contribution in [3.05, 3.63) is 0 Å². The molecule has 1 heterocycles. The van der Waals surface area contributed by atoms with Crippen LogP contribution in [-0.2, 0) is 4.79 Å². The molecule has 1 amide bonds. The van der Waals surface area contributed by atoms with E-state index in [0.717, 1.165) is 0 Å². The molecular weight excluding hydrogens is 154 g/mol. The van der Waals surface area contributed by atoms with Gasteiger partial charge in [-0.3, -0.25) is 4.79 Å². The Morgan fingerprint density at radius 2 is 2.33 bits per heavy atom. The predicted molar refractivity (Wildman–Crippen MR) is 45.3 cm³/mol. The number of amides is 1. The molecule has 0 unspecified atom stereocenters. The predicted octanol–water partition coefficient (Wildman–Crippen LogP) is -0.00700. The second-order valence-electron chi connectivity index (χ2n) is 3.21. The molecule has 1 rings (SSSR count). The Morgan fingerprint density at radius 3 is 2.75 bits per heavy atom. The zero-order valence-corrected chi connectivity index (χ0v) is 7.21. The number of carbonyl (C=O) groups is 1. The number of hydrogen-bond acceptors (Lipinski definition) is 2. The Balaban J connectivity index is 2.35. The van der Waals surface area contributed by atoms with Gasteiger partial charge in [0.15, 0.2) is 0 Å². The van der Waals surface area contributed by atoms with Gasteiger partial charge in [0.2, 0.25) is 5.91 Å². The molecule has 1 aliphatic heterocycles. The molecule has 3 heteroatoms. The van der Waals surface area contributed by atoms with Crippen LogP contribution < -0.4 is 0 Å². The van der Waals surface area contributed by atoms with Gasteiger partial charge in [0.05, 0.1) is 25.1 Å². The quantitative estimate of drug-likeness (QED) is 0.588. The Morgan fingerprint density at radius 1 is 1.75 bits per heavy atom. The molecule has 0 aromatic carbocycles. The number of terminal acetylenes is 1. The zero-order chi connectivity index (χ0) is 9.19. The van der Waals surface area contributed by atoms with Crippen LogP contribution in [0.5, 0.6) is 0 Å². The summed E-state index contributed by atoms with van der Waals surface area (Å²) in [6, 6.07) is 0. The molecule has 0 saturated carbocycles. The van der Waals surface area contributed by atoms with Crippen molar-refractivity contribution in [3.63, 3.8) is 0 Å². The molecule has 0 aromatic rings. The van der Waals surface area contributed by atoms with E-state index in [1.54, 1.807) is 4.90 Å². The molecule has 3 nitrogen and oxygen atoms in total. The fraction of sp³-hybridized carbons (Fsp3) is 0.667. The summed E-state index contributed by atoms with van der Waals surface area (Å²) in [4.78, 5) is 12.7. The number of hydrogen-bond donors (Lipinski definition) is 1. The molecule has 0 radical (unpaired) electrons. The van der Waals surface area contributed by atoms with Crippen LogP contribution in [0.1, 0.15) is 19.8 Å². The maximum Gasteiger partial charge on any atom is 0.234 e. The fourth-order valence-corrected chi connectivity index (χ4v) is 1.26. The van der Waals surface area contributed by atoms with Crippen LogP contribution in [-0.4, -0.2) is 34.6 Å². The molecule has 1 N–H and O–H groups in total. The van der Waals surface area contributed by atoms with Crippen LogP contribution in [0.2, 0.25) is 0 Å². The highest BCUT2D eigenvalue weighted by atomic mass is 16.3. The van der Waals surface area contributed by atoms with E-state index in [2.05, 4.69) is 5.92 Å². The Kier molecular flexibility index (Phi) is 2.39. The van der Waals surface area contributed by atoms with Crippen LogP contribution in [0.15, 0.2) is 0 Å². The van der Waals surface area contributed by atoms with Gasteiger partial charge >= 0.3 is 0 Å². The third kappa shape index (κ3) is 1.59. The summed E-state index contributed by atoms with van der Waals surface area (Å²) in [5.74, 6) is 2.23. The molecule has 0 atom stereocenters. The third-order valence-corrected chi connectivity index (χ3v) is 2.23. The highest BCUT2D eigenvalue weighted by molar-refractivity contribution is 5.79. The van der Waals surface area contributed by atoms with E-state index in [0.29, 0.717) is 19.5 Å². The summed E-state index contributed by atoms with van der Waals surface area (Å²) in [5, 5.41) is 9.56. The minimum absolute atomic E-state index is 0.0596.